The molecule has 0 saturated heterocycles. The number of rotatable bonds is 2. The van der Waals surface area contributed by atoms with Gasteiger partial charge in [0.25, 0.3) is 0 Å². The molecule has 1 N–H and O–H groups in total. The second kappa shape index (κ2) is 4.42. The van der Waals surface area contributed by atoms with E-state index in [2.05, 4.69) is 11.1 Å². The minimum absolute atomic E-state index is 0.910. The third-order valence-electron chi connectivity index (χ3n) is 3.08. The van der Waals surface area contributed by atoms with Crippen molar-refractivity contribution in [3.05, 3.63) is 54.9 Å². The van der Waals surface area contributed by atoms with Crippen LogP contribution >= 0.6 is 0 Å². The molecular weight excluding hydrogens is 242 g/mol. The highest BCUT2D eigenvalue weighted by molar-refractivity contribution is 7.84. The van der Waals surface area contributed by atoms with Crippen molar-refractivity contribution >= 4 is 21.6 Å². The molecule has 3 heteroatoms. The Morgan fingerprint density at radius 1 is 1.06 bits per heavy atom. The van der Waals surface area contributed by atoms with E-state index in [4.69, 9.17) is 0 Å². The lowest BCUT2D eigenvalue weighted by Crippen LogP contribution is -1.93. The Bertz CT molecular complexity index is 716. The van der Waals surface area contributed by atoms with Gasteiger partial charge in [-0.1, -0.05) is 36.4 Å². The normalized spacial score (nSPS) is 12.7. The van der Waals surface area contributed by atoms with Gasteiger partial charge in [0.2, 0.25) is 0 Å². The molecule has 0 amide bonds. The molecule has 1 aromatic heterocycles. The average molecular weight is 255 g/mol. The number of aromatic amines is 1. The summed E-state index contributed by atoms with van der Waals surface area (Å²) in [4.78, 5) is 3.95. The molecule has 18 heavy (non-hydrogen) atoms. The van der Waals surface area contributed by atoms with Crippen molar-refractivity contribution in [1.29, 1.82) is 0 Å². The molecule has 0 radical (unpaired) electrons. The average Bonchev–Trinajstić information content (AvgIpc) is 2.90. The number of H-pyrrole nitrogens is 1. The first kappa shape index (κ1) is 11.2. The predicted octanol–water partition coefficient (Wildman–Crippen LogP) is 3.57. The van der Waals surface area contributed by atoms with Crippen LogP contribution in [-0.4, -0.2) is 15.4 Å². The van der Waals surface area contributed by atoms with Crippen molar-refractivity contribution in [2.45, 2.75) is 4.90 Å². The lowest BCUT2D eigenvalue weighted by Gasteiger charge is -2.09. The Labute approximate surface area is 108 Å². The highest BCUT2D eigenvalue weighted by atomic mass is 32.2. The molecule has 3 rings (SSSR count). The molecule has 0 spiro atoms. The van der Waals surface area contributed by atoms with Crippen LogP contribution in [0.3, 0.4) is 0 Å². The van der Waals surface area contributed by atoms with Gasteiger partial charge in [-0.05, 0) is 22.4 Å². The maximum Gasteiger partial charge on any atom is 0.0542 e. The van der Waals surface area contributed by atoms with Crippen molar-refractivity contribution in [3.63, 3.8) is 0 Å². The van der Waals surface area contributed by atoms with Crippen molar-refractivity contribution in [3.8, 4) is 11.1 Å². The fourth-order valence-electron chi connectivity index (χ4n) is 2.27. The zero-order chi connectivity index (χ0) is 12.5. The fourth-order valence-corrected chi connectivity index (χ4v) is 3.26. The molecule has 1 atom stereocenters. The zero-order valence-electron chi connectivity index (χ0n) is 10.0. The Morgan fingerprint density at radius 3 is 2.61 bits per heavy atom. The summed E-state index contributed by atoms with van der Waals surface area (Å²) in [5, 5.41) is 2.19. The van der Waals surface area contributed by atoms with E-state index in [0.717, 1.165) is 26.8 Å². The molecule has 1 heterocycles. The summed E-state index contributed by atoms with van der Waals surface area (Å²) in [6.45, 7) is 0. The number of benzene rings is 2. The van der Waals surface area contributed by atoms with E-state index in [0.29, 0.717) is 0 Å². The lowest BCUT2D eigenvalue weighted by molar-refractivity contribution is 0.687. The Hall–Kier alpha value is -1.87. The first-order chi connectivity index (χ1) is 8.77. The van der Waals surface area contributed by atoms with Gasteiger partial charge in [-0.15, -0.1) is 0 Å². The first-order valence-corrected chi connectivity index (χ1v) is 7.31. The quantitative estimate of drug-likeness (QED) is 0.746. The summed E-state index contributed by atoms with van der Waals surface area (Å²) >= 11 is 0. The van der Waals surface area contributed by atoms with Crippen LogP contribution < -0.4 is 0 Å². The van der Waals surface area contributed by atoms with Crippen LogP contribution in [0.5, 0.6) is 0 Å². The third-order valence-corrected chi connectivity index (χ3v) is 4.09. The number of fused-ring (bicyclic) bond motifs is 1. The summed E-state index contributed by atoms with van der Waals surface area (Å²) in [6, 6.07) is 14.2. The number of nitrogens with one attached hydrogen (secondary N) is 1. The van der Waals surface area contributed by atoms with E-state index in [1.54, 1.807) is 6.26 Å². The van der Waals surface area contributed by atoms with Gasteiger partial charge >= 0.3 is 0 Å². The maximum absolute atomic E-state index is 12.1. The van der Waals surface area contributed by atoms with Gasteiger partial charge in [0, 0.05) is 24.2 Å². The van der Waals surface area contributed by atoms with Crippen molar-refractivity contribution in [1.82, 2.24) is 4.98 Å². The first-order valence-electron chi connectivity index (χ1n) is 5.76. The molecule has 3 aromatic rings. The van der Waals surface area contributed by atoms with Crippen LogP contribution in [0.2, 0.25) is 0 Å². The van der Waals surface area contributed by atoms with Crippen LogP contribution in [0.1, 0.15) is 0 Å². The Balaban J connectivity index is 2.39. The topological polar surface area (TPSA) is 32.9 Å². The van der Waals surface area contributed by atoms with Gasteiger partial charge in [0.15, 0.2) is 0 Å². The van der Waals surface area contributed by atoms with E-state index >= 15 is 0 Å². The summed E-state index contributed by atoms with van der Waals surface area (Å²) < 4.78 is 12.1. The van der Waals surface area contributed by atoms with Gasteiger partial charge in [-0.2, -0.15) is 0 Å². The molecular formula is C15H13NOS. The summed E-state index contributed by atoms with van der Waals surface area (Å²) in [6.07, 6.45) is 5.55. The fraction of sp³-hybridized carbons (Fsp3) is 0.0667. The predicted molar refractivity (Wildman–Crippen MR) is 76.1 cm³/mol. The smallest absolute Gasteiger partial charge is 0.0542 e. The maximum atomic E-state index is 12.1. The molecule has 0 aliphatic rings. The Kier molecular flexibility index (Phi) is 2.76. The van der Waals surface area contributed by atoms with Crippen LogP contribution in [0.25, 0.3) is 21.9 Å². The van der Waals surface area contributed by atoms with Crippen LogP contribution in [-0.2, 0) is 10.8 Å². The van der Waals surface area contributed by atoms with E-state index in [-0.39, 0.29) is 0 Å². The lowest BCUT2D eigenvalue weighted by atomic mass is 10.0. The Morgan fingerprint density at radius 2 is 1.89 bits per heavy atom. The van der Waals surface area contributed by atoms with Crippen molar-refractivity contribution in [2.75, 3.05) is 6.26 Å². The van der Waals surface area contributed by atoms with Crippen LogP contribution in [0.15, 0.2) is 59.8 Å². The zero-order valence-corrected chi connectivity index (χ0v) is 10.8. The molecule has 2 nitrogen and oxygen atoms in total. The van der Waals surface area contributed by atoms with Gasteiger partial charge < -0.3 is 4.98 Å². The van der Waals surface area contributed by atoms with E-state index < -0.39 is 10.8 Å². The van der Waals surface area contributed by atoms with Gasteiger partial charge in [0.05, 0.1) is 15.7 Å². The molecule has 2 aromatic carbocycles. The number of hydrogen-bond donors (Lipinski definition) is 1. The highest BCUT2D eigenvalue weighted by Gasteiger charge is 2.12. The van der Waals surface area contributed by atoms with E-state index in [1.807, 2.05) is 48.8 Å². The summed E-state index contributed by atoms with van der Waals surface area (Å²) in [7, 11) is -1.01. The largest absolute Gasteiger partial charge is 0.367 e. The SMILES string of the molecule is CS(=O)c1c(-c2cc[nH]c2)ccc2ccccc12. The van der Waals surface area contributed by atoms with Crippen molar-refractivity contribution < 1.29 is 4.21 Å². The molecule has 90 valence electrons. The van der Waals surface area contributed by atoms with Gasteiger partial charge in [0.1, 0.15) is 0 Å². The monoisotopic (exact) mass is 255 g/mol. The molecule has 0 fully saturated rings. The standard InChI is InChI=1S/C15H13NOS/c1-18(17)15-13-5-3-2-4-11(13)6-7-14(15)12-8-9-16-10-12/h2-10,16H,1H3. The highest BCUT2D eigenvalue weighted by Crippen LogP contribution is 2.32. The summed E-state index contributed by atoms with van der Waals surface area (Å²) in [5.74, 6) is 0. The van der Waals surface area contributed by atoms with E-state index in [9.17, 15) is 4.21 Å². The minimum atomic E-state index is -1.01. The molecule has 1 unspecified atom stereocenters. The van der Waals surface area contributed by atoms with Crippen molar-refractivity contribution in [2.24, 2.45) is 0 Å². The molecule has 0 aliphatic carbocycles. The molecule has 0 saturated carbocycles. The molecule has 0 bridgehead atoms. The molecule has 0 aliphatic heterocycles. The van der Waals surface area contributed by atoms with Crippen LogP contribution in [0, 0.1) is 0 Å². The minimum Gasteiger partial charge on any atom is -0.367 e. The van der Waals surface area contributed by atoms with E-state index in [1.165, 1.54) is 0 Å². The second-order valence-electron chi connectivity index (χ2n) is 4.22. The number of hydrogen-bond acceptors (Lipinski definition) is 1. The number of aromatic nitrogens is 1. The van der Waals surface area contributed by atoms with Crippen LogP contribution in [0.4, 0.5) is 0 Å². The summed E-state index contributed by atoms with van der Waals surface area (Å²) in [5.41, 5.74) is 2.11. The van der Waals surface area contributed by atoms with Gasteiger partial charge in [-0.25, -0.2) is 0 Å². The second-order valence-corrected chi connectivity index (χ2v) is 5.53. The third kappa shape index (κ3) is 1.77. The van der Waals surface area contributed by atoms with Gasteiger partial charge in [-0.3, -0.25) is 4.21 Å².